The van der Waals surface area contributed by atoms with E-state index in [1.807, 2.05) is 55.5 Å². The summed E-state index contributed by atoms with van der Waals surface area (Å²) in [6.07, 6.45) is 0. The highest BCUT2D eigenvalue weighted by Gasteiger charge is 2.38. The number of carbonyl (C=O) groups excluding carboxylic acids is 2. The summed E-state index contributed by atoms with van der Waals surface area (Å²) in [7, 11) is 1.61. The van der Waals surface area contributed by atoms with Gasteiger partial charge in [0, 0.05) is 66.8 Å². The zero-order valence-electron chi connectivity index (χ0n) is 23.9. The second kappa shape index (κ2) is 13.5. The van der Waals surface area contributed by atoms with E-state index in [0.717, 1.165) is 53.9 Å². The Labute approximate surface area is 250 Å². The number of H-pyrrole nitrogens is 1. The highest BCUT2D eigenvalue weighted by molar-refractivity contribution is 6.30. The third kappa shape index (κ3) is 6.68. The molecule has 4 aromatic rings. The fourth-order valence-corrected chi connectivity index (χ4v) is 5.98. The van der Waals surface area contributed by atoms with E-state index in [-0.39, 0.29) is 18.1 Å². The Balaban J connectivity index is 1.57. The summed E-state index contributed by atoms with van der Waals surface area (Å²) in [4.78, 5) is 35.5. The van der Waals surface area contributed by atoms with E-state index in [1.165, 1.54) is 0 Å². The van der Waals surface area contributed by atoms with Crippen LogP contribution in [0.4, 0.5) is 0 Å². The Morgan fingerprint density at radius 2 is 1.67 bits per heavy atom. The van der Waals surface area contributed by atoms with Crippen LogP contribution in [0.25, 0.3) is 10.9 Å². The molecule has 2 atom stereocenters. The molecule has 42 heavy (non-hydrogen) atoms. The lowest BCUT2D eigenvalue weighted by atomic mass is 9.79. The summed E-state index contributed by atoms with van der Waals surface area (Å²) in [5, 5.41) is 10.7. The third-order valence-corrected chi connectivity index (χ3v) is 8.30. The van der Waals surface area contributed by atoms with Crippen molar-refractivity contribution >= 4 is 34.4 Å². The Morgan fingerprint density at radius 1 is 0.976 bits per heavy atom. The van der Waals surface area contributed by atoms with Crippen LogP contribution in [0, 0.1) is 6.92 Å². The molecule has 0 saturated carbocycles. The predicted molar refractivity (Wildman–Crippen MR) is 163 cm³/mol. The number of hydrogen-bond acceptors (Lipinski definition) is 7. The van der Waals surface area contributed by atoms with E-state index in [4.69, 9.17) is 21.1 Å². The molecule has 0 radical (unpaired) electrons. The van der Waals surface area contributed by atoms with Crippen LogP contribution in [0.1, 0.15) is 39.0 Å². The molecule has 8 nitrogen and oxygen atoms in total. The monoisotopic (exact) mass is 589 g/mol. The number of rotatable bonds is 10. The Kier molecular flexibility index (Phi) is 9.59. The average molecular weight is 590 g/mol. The summed E-state index contributed by atoms with van der Waals surface area (Å²) in [6.45, 7) is 6.57. The SMILES string of the molecule is COc1ccc2[nH]c(C)c(C(C(=O)OC(=O)c3ccc(Cl)cc3)C(CN3CCN(CCO)CC3)c3ccccc3)c2c1. The van der Waals surface area contributed by atoms with Gasteiger partial charge in [-0.25, -0.2) is 4.79 Å². The number of hydrogen-bond donors (Lipinski definition) is 2. The van der Waals surface area contributed by atoms with Crippen LogP contribution in [0.15, 0.2) is 72.8 Å². The average Bonchev–Trinajstić information content (AvgIpc) is 3.33. The number of aliphatic hydroxyl groups is 1. The van der Waals surface area contributed by atoms with Gasteiger partial charge in [-0.1, -0.05) is 41.9 Å². The Hall–Kier alpha value is -3.69. The normalized spacial score (nSPS) is 15.8. The van der Waals surface area contributed by atoms with Crippen LogP contribution in [-0.2, 0) is 9.53 Å². The summed E-state index contributed by atoms with van der Waals surface area (Å²) in [6, 6.07) is 22.0. The van der Waals surface area contributed by atoms with Crippen molar-refractivity contribution < 1.29 is 24.2 Å². The molecular weight excluding hydrogens is 554 g/mol. The highest BCUT2D eigenvalue weighted by atomic mass is 35.5. The standard InChI is InChI=1S/C33H36ClN3O5/c1-22-30(27-20-26(41-2)12-13-29(27)35-22)31(33(40)42-32(39)24-8-10-25(34)11-9-24)28(23-6-4-3-5-7-23)21-37-16-14-36(15-17-37)18-19-38/h3-13,20,28,31,35,38H,14-19,21H2,1-2H3. The minimum Gasteiger partial charge on any atom is -0.497 e. The third-order valence-electron chi connectivity index (χ3n) is 8.05. The number of aliphatic hydroxyl groups excluding tert-OH is 1. The van der Waals surface area contributed by atoms with Crippen molar-refractivity contribution in [2.45, 2.75) is 18.8 Å². The van der Waals surface area contributed by atoms with Gasteiger partial charge in [0.2, 0.25) is 0 Å². The number of aromatic amines is 1. The van der Waals surface area contributed by atoms with E-state index >= 15 is 0 Å². The molecule has 0 aliphatic carbocycles. The van der Waals surface area contributed by atoms with Gasteiger partial charge in [-0.3, -0.25) is 9.69 Å². The fourth-order valence-electron chi connectivity index (χ4n) is 5.86. The first-order valence-corrected chi connectivity index (χ1v) is 14.5. The van der Waals surface area contributed by atoms with Gasteiger partial charge in [0.05, 0.1) is 25.2 Å². The zero-order valence-corrected chi connectivity index (χ0v) is 24.6. The van der Waals surface area contributed by atoms with Gasteiger partial charge in [-0.05, 0) is 60.5 Å². The fraction of sp³-hybridized carbons (Fsp3) is 0.333. The number of β-amino-alcohol motifs (C(OH)–C–C–N with tert-alkyl or cyclic N) is 1. The number of fused-ring (bicyclic) bond motifs is 1. The van der Waals surface area contributed by atoms with Crippen molar-refractivity contribution in [1.82, 2.24) is 14.8 Å². The summed E-state index contributed by atoms with van der Waals surface area (Å²) < 4.78 is 11.2. The number of esters is 2. The minimum atomic E-state index is -0.792. The maximum Gasteiger partial charge on any atom is 0.345 e. The molecule has 1 fully saturated rings. The molecule has 5 rings (SSSR count). The largest absolute Gasteiger partial charge is 0.497 e. The Bertz CT molecular complexity index is 1510. The Morgan fingerprint density at radius 3 is 2.33 bits per heavy atom. The number of aryl methyl sites for hydroxylation is 1. The van der Waals surface area contributed by atoms with Crippen molar-refractivity contribution in [1.29, 1.82) is 0 Å². The van der Waals surface area contributed by atoms with Crippen molar-refractivity contribution in [3.8, 4) is 5.75 Å². The molecule has 0 spiro atoms. The van der Waals surface area contributed by atoms with Gasteiger partial charge in [-0.2, -0.15) is 0 Å². The number of ether oxygens (including phenoxy) is 2. The predicted octanol–water partition coefficient (Wildman–Crippen LogP) is 5.00. The number of piperazine rings is 1. The van der Waals surface area contributed by atoms with Gasteiger partial charge >= 0.3 is 11.9 Å². The van der Waals surface area contributed by atoms with E-state index in [9.17, 15) is 14.7 Å². The van der Waals surface area contributed by atoms with Crippen LogP contribution in [0.2, 0.25) is 5.02 Å². The van der Waals surface area contributed by atoms with Crippen LogP contribution in [0.5, 0.6) is 5.75 Å². The number of benzene rings is 3. The van der Waals surface area contributed by atoms with Crippen LogP contribution >= 0.6 is 11.6 Å². The van der Waals surface area contributed by atoms with Gasteiger partial charge in [-0.15, -0.1) is 0 Å². The van der Waals surface area contributed by atoms with Crippen molar-refractivity contribution in [3.63, 3.8) is 0 Å². The topological polar surface area (TPSA) is 95.1 Å². The van der Waals surface area contributed by atoms with E-state index in [2.05, 4.69) is 14.8 Å². The van der Waals surface area contributed by atoms with E-state index in [1.54, 1.807) is 31.4 Å². The van der Waals surface area contributed by atoms with Gasteiger partial charge in [0.25, 0.3) is 0 Å². The molecule has 3 aromatic carbocycles. The maximum atomic E-state index is 14.3. The molecule has 2 N–H and O–H groups in total. The highest BCUT2D eigenvalue weighted by Crippen LogP contribution is 2.41. The molecule has 1 aromatic heterocycles. The minimum absolute atomic E-state index is 0.130. The molecule has 9 heteroatoms. The number of nitrogens with one attached hydrogen (secondary N) is 1. The van der Waals surface area contributed by atoms with Crippen LogP contribution < -0.4 is 4.74 Å². The molecule has 0 bridgehead atoms. The second-order valence-electron chi connectivity index (χ2n) is 10.7. The number of carbonyl (C=O) groups is 2. The van der Waals surface area contributed by atoms with Gasteiger partial charge in [0.1, 0.15) is 5.75 Å². The van der Waals surface area contributed by atoms with Gasteiger partial charge < -0.3 is 24.5 Å². The summed E-state index contributed by atoms with van der Waals surface area (Å²) in [5.41, 5.74) is 3.71. The first-order chi connectivity index (χ1) is 20.4. The first kappa shape index (κ1) is 29.8. The molecule has 220 valence electrons. The molecule has 0 amide bonds. The number of aromatic nitrogens is 1. The van der Waals surface area contributed by atoms with Crippen molar-refractivity contribution in [3.05, 3.63) is 100 Å². The molecule has 1 aliphatic rings. The van der Waals surface area contributed by atoms with E-state index in [0.29, 0.717) is 23.9 Å². The van der Waals surface area contributed by atoms with Crippen LogP contribution in [0.3, 0.4) is 0 Å². The number of methoxy groups -OCH3 is 1. The lowest BCUT2D eigenvalue weighted by molar-refractivity contribution is -0.140. The molecule has 1 aliphatic heterocycles. The molecule has 1 saturated heterocycles. The van der Waals surface area contributed by atoms with Crippen LogP contribution in [-0.4, -0.2) is 84.8 Å². The molecule has 2 heterocycles. The summed E-state index contributed by atoms with van der Waals surface area (Å²) >= 11 is 6.01. The maximum absolute atomic E-state index is 14.3. The molecule has 2 unspecified atom stereocenters. The zero-order chi connectivity index (χ0) is 29.6. The van der Waals surface area contributed by atoms with Gasteiger partial charge in [0.15, 0.2) is 0 Å². The van der Waals surface area contributed by atoms with Crippen molar-refractivity contribution in [2.75, 3.05) is 53.0 Å². The summed E-state index contributed by atoms with van der Waals surface area (Å²) in [5.74, 6) is -1.77. The lowest BCUT2D eigenvalue weighted by Crippen LogP contribution is -2.48. The van der Waals surface area contributed by atoms with Crippen molar-refractivity contribution in [2.24, 2.45) is 0 Å². The molecular formula is C33H36ClN3O5. The first-order valence-electron chi connectivity index (χ1n) is 14.2. The second-order valence-corrected chi connectivity index (χ2v) is 11.1. The number of halogens is 1. The lowest BCUT2D eigenvalue weighted by Gasteiger charge is -2.38. The quantitative estimate of drug-likeness (QED) is 0.199. The number of nitrogens with zero attached hydrogens (tertiary/aromatic N) is 2. The smallest absolute Gasteiger partial charge is 0.345 e. The van der Waals surface area contributed by atoms with E-state index < -0.39 is 17.9 Å².